The molecule has 0 saturated carbocycles. The molecule has 1 heterocycles. The van der Waals surface area contributed by atoms with Gasteiger partial charge in [-0.05, 0) is 109 Å². The van der Waals surface area contributed by atoms with Crippen molar-refractivity contribution < 1.29 is 13.9 Å². The number of hydrogen-bond acceptors (Lipinski definition) is 4. The van der Waals surface area contributed by atoms with Crippen molar-refractivity contribution in [2.45, 2.75) is 13.5 Å². The van der Waals surface area contributed by atoms with Gasteiger partial charge in [-0.3, -0.25) is 4.79 Å². The molecule has 0 saturated heterocycles. The van der Waals surface area contributed by atoms with E-state index >= 15 is 0 Å². The third-order valence-electron chi connectivity index (χ3n) is 4.66. The van der Waals surface area contributed by atoms with Gasteiger partial charge in [-0.1, -0.05) is 45.8 Å². The smallest absolute Gasteiger partial charge is 0.307 e. The van der Waals surface area contributed by atoms with Crippen LogP contribution in [0.4, 0.5) is 0 Å². The summed E-state index contributed by atoms with van der Waals surface area (Å²) in [5.74, 6) is 0.592. The highest BCUT2D eigenvalue weighted by Gasteiger charge is 2.14. The van der Waals surface area contributed by atoms with Gasteiger partial charge in [0.2, 0.25) is 0 Å². The Kier molecular flexibility index (Phi) is 8.13. The highest BCUT2D eigenvalue weighted by Crippen LogP contribution is 2.31. The number of carbonyl (C=O) groups excluding carboxylic acids is 1. The molecule has 9 heteroatoms. The van der Waals surface area contributed by atoms with Crippen LogP contribution in [0.25, 0.3) is 11.0 Å². The second-order valence-corrected chi connectivity index (χ2v) is 11.3. The van der Waals surface area contributed by atoms with Crippen molar-refractivity contribution in [3.8, 4) is 5.75 Å². The topological polar surface area (TPSA) is 63.8 Å². The third kappa shape index (κ3) is 6.17. The molecule has 0 aliphatic rings. The van der Waals surface area contributed by atoms with Gasteiger partial charge < -0.3 is 9.15 Å². The van der Waals surface area contributed by atoms with E-state index < -0.39 is 5.91 Å². The van der Waals surface area contributed by atoms with Crippen LogP contribution in [0.15, 0.2) is 73.1 Å². The van der Waals surface area contributed by atoms with Crippen LogP contribution in [-0.2, 0) is 6.61 Å². The van der Waals surface area contributed by atoms with E-state index in [1.807, 2.05) is 24.3 Å². The number of nitrogens with zero attached hydrogens (tertiary/aromatic N) is 1. The standard InChI is InChI=1S/C24H16Br2I2N2O3/c1-13-2-4-14(5-3-13)12-32-23-19(27)6-15(7-20(23)28)11-29-30-24(31)21-9-16-8-17(25)10-18(26)22(16)33-21/h2-11H,12H2,1H3,(H,30,31)/b29-11-. The van der Waals surface area contributed by atoms with Crippen molar-refractivity contribution >= 4 is 100 Å². The molecule has 1 amide bonds. The number of ether oxygens (including phenoxy) is 1. The molecule has 0 radical (unpaired) electrons. The van der Waals surface area contributed by atoms with Gasteiger partial charge in [-0.25, -0.2) is 5.43 Å². The molecule has 1 aromatic heterocycles. The minimum absolute atomic E-state index is 0.185. The van der Waals surface area contributed by atoms with E-state index in [0.717, 1.165) is 38.3 Å². The number of carbonyl (C=O) groups is 1. The predicted molar refractivity (Wildman–Crippen MR) is 154 cm³/mol. The van der Waals surface area contributed by atoms with Gasteiger partial charge in [0.05, 0.1) is 17.8 Å². The lowest BCUT2D eigenvalue weighted by molar-refractivity contribution is 0.0929. The van der Waals surface area contributed by atoms with Crippen LogP contribution in [0, 0.1) is 14.1 Å². The Labute approximate surface area is 234 Å². The molecule has 0 unspecified atom stereocenters. The molecule has 0 spiro atoms. The van der Waals surface area contributed by atoms with Crippen molar-refractivity contribution in [1.29, 1.82) is 0 Å². The van der Waals surface area contributed by atoms with Crippen LogP contribution in [0.3, 0.4) is 0 Å². The molecule has 0 bridgehead atoms. The minimum Gasteiger partial charge on any atom is -0.487 e. The summed E-state index contributed by atoms with van der Waals surface area (Å²) in [6.07, 6.45) is 1.60. The average Bonchev–Trinajstić information content (AvgIpc) is 3.19. The zero-order chi connectivity index (χ0) is 23.5. The molecular formula is C24H16Br2I2N2O3. The van der Waals surface area contributed by atoms with Gasteiger partial charge >= 0.3 is 5.91 Å². The number of rotatable bonds is 6. The van der Waals surface area contributed by atoms with Crippen molar-refractivity contribution in [1.82, 2.24) is 5.43 Å². The first-order valence-electron chi connectivity index (χ1n) is 9.69. The van der Waals surface area contributed by atoms with Gasteiger partial charge in [0.25, 0.3) is 0 Å². The average molecular weight is 794 g/mol. The highest BCUT2D eigenvalue weighted by molar-refractivity contribution is 14.1. The first kappa shape index (κ1) is 24.7. The number of furan rings is 1. The Morgan fingerprint density at radius 2 is 1.79 bits per heavy atom. The Balaban J connectivity index is 1.42. The maximum Gasteiger partial charge on any atom is 0.307 e. The van der Waals surface area contributed by atoms with Crippen LogP contribution in [0.5, 0.6) is 5.75 Å². The lowest BCUT2D eigenvalue weighted by Crippen LogP contribution is -2.16. The summed E-state index contributed by atoms with van der Waals surface area (Å²) in [6.45, 7) is 2.56. The summed E-state index contributed by atoms with van der Waals surface area (Å²) >= 11 is 11.4. The van der Waals surface area contributed by atoms with Crippen LogP contribution < -0.4 is 10.2 Å². The van der Waals surface area contributed by atoms with Crippen LogP contribution >= 0.6 is 77.0 Å². The van der Waals surface area contributed by atoms with E-state index in [4.69, 9.17) is 9.15 Å². The molecule has 5 nitrogen and oxygen atoms in total. The predicted octanol–water partition coefficient (Wildman–Crippen LogP) is 7.82. The third-order valence-corrected chi connectivity index (χ3v) is 7.31. The number of amides is 1. The molecule has 1 N–H and O–H groups in total. The zero-order valence-corrected chi connectivity index (χ0v) is 24.7. The molecule has 4 rings (SSSR count). The van der Waals surface area contributed by atoms with Gasteiger partial charge in [0.15, 0.2) is 5.76 Å². The number of nitrogens with one attached hydrogen (secondary N) is 1. The monoisotopic (exact) mass is 792 g/mol. The lowest BCUT2D eigenvalue weighted by atomic mass is 10.2. The van der Waals surface area contributed by atoms with Crippen LogP contribution in [0.1, 0.15) is 27.2 Å². The van der Waals surface area contributed by atoms with Gasteiger partial charge in [-0.2, -0.15) is 5.10 Å². The first-order valence-corrected chi connectivity index (χ1v) is 13.4. The molecule has 0 aliphatic carbocycles. The van der Waals surface area contributed by atoms with Gasteiger partial charge in [-0.15, -0.1) is 0 Å². The van der Waals surface area contributed by atoms with E-state index in [0.29, 0.717) is 12.2 Å². The summed E-state index contributed by atoms with van der Waals surface area (Å²) in [5, 5.41) is 4.90. The minimum atomic E-state index is -0.423. The van der Waals surface area contributed by atoms with E-state index in [2.05, 4.69) is 119 Å². The summed E-state index contributed by atoms with van der Waals surface area (Å²) in [7, 11) is 0. The number of aryl methyl sites for hydroxylation is 1. The summed E-state index contributed by atoms with van der Waals surface area (Å²) in [6, 6.07) is 17.6. The summed E-state index contributed by atoms with van der Waals surface area (Å²) in [4.78, 5) is 12.5. The van der Waals surface area contributed by atoms with E-state index in [1.54, 1.807) is 12.3 Å². The van der Waals surface area contributed by atoms with Crippen LogP contribution in [-0.4, -0.2) is 12.1 Å². The fourth-order valence-electron chi connectivity index (χ4n) is 3.04. The Morgan fingerprint density at radius 1 is 1.09 bits per heavy atom. The fourth-order valence-corrected chi connectivity index (χ4v) is 6.51. The SMILES string of the molecule is Cc1ccc(COc2c(I)cc(/C=N\NC(=O)c3cc4cc(Br)cc(Br)c4o3)cc2I)cc1. The van der Waals surface area contributed by atoms with E-state index in [-0.39, 0.29) is 5.76 Å². The largest absolute Gasteiger partial charge is 0.487 e. The number of hydrogen-bond donors (Lipinski definition) is 1. The Hall–Kier alpha value is -1.44. The van der Waals surface area contributed by atoms with Gasteiger partial charge in [0.1, 0.15) is 17.9 Å². The Bertz CT molecular complexity index is 1350. The molecule has 3 aromatic carbocycles. The molecule has 0 fully saturated rings. The number of benzene rings is 3. The zero-order valence-electron chi connectivity index (χ0n) is 17.2. The quantitative estimate of drug-likeness (QED) is 0.123. The van der Waals surface area contributed by atoms with Crippen molar-refractivity contribution in [2.24, 2.45) is 5.10 Å². The van der Waals surface area contributed by atoms with Crippen molar-refractivity contribution in [2.75, 3.05) is 0 Å². The molecule has 168 valence electrons. The Morgan fingerprint density at radius 3 is 2.48 bits per heavy atom. The van der Waals surface area contributed by atoms with Crippen molar-refractivity contribution in [3.05, 3.63) is 93.1 Å². The number of halogens is 4. The van der Waals surface area contributed by atoms with E-state index in [9.17, 15) is 4.79 Å². The maximum atomic E-state index is 12.5. The second-order valence-electron chi connectivity index (χ2n) is 7.20. The molecule has 33 heavy (non-hydrogen) atoms. The second kappa shape index (κ2) is 10.9. The van der Waals surface area contributed by atoms with Gasteiger partial charge in [0, 0.05) is 9.86 Å². The van der Waals surface area contributed by atoms with Crippen molar-refractivity contribution in [3.63, 3.8) is 0 Å². The first-order chi connectivity index (χ1) is 15.8. The lowest BCUT2D eigenvalue weighted by Gasteiger charge is -2.11. The maximum absolute atomic E-state index is 12.5. The highest BCUT2D eigenvalue weighted by atomic mass is 127. The normalized spacial score (nSPS) is 11.3. The molecule has 4 aromatic rings. The molecule has 0 aliphatic heterocycles. The molecular weight excluding hydrogens is 778 g/mol. The number of fused-ring (bicyclic) bond motifs is 1. The van der Waals surface area contributed by atoms with E-state index in [1.165, 1.54) is 5.56 Å². The molecule has 0 atom stereocenters. The number of hydrazone groups is 1. The summed E-state index contributed by atoms with van der Waals surface area (Å²) < 4.78 is 15.3. The fraction of sp³-hybridized carbons (Fsp3) is 0.0833. The van der Waals surface area contributed by atoms with Crippen LogP contribution in [0.2, 0.25) is 0 Å². The summed E-state index contributed by atoms with van der Waals surface area (Å²) in [5.41, 5.74) is 6.32.